The van der Waals surface area contributed by atoms with E-state index >= 15 is 0 Å². The van der Waals surface area contributed by atoms with Crippen LogP contribution in [0.2, 0.25) is 0 Å². The van der Waals surface area contributed by atoms with Crippen LogP contribution in [0.15, 0.2) is 103 Å². The Morgan fingerprint density at radius 3 is 1.80 bits per heavy atom. The van der Waals surface area contributed by atoms with Crippen LogP contribution in [-0.4, -0.2) is 22.8 Å². The Labute approximate surface area is 203 Å². The molecule has 0 heterocycles. The minimum atomic E-state index is -0.988. The van der Waals surface area contributed by atoms with E-state index in [0.29, 0.717) is 11.3 Å². The molecular weight excluding hydrogens is 438 g/mol. The number of rotatable bonds is 6. The molecule has 2 bridgehead atoms. The van der Waals surface area contributed by atoms with Gasteiger partial charge in [0.1, 0.15) is 0 Å². The van der Waals surface area contributed by atoms with Gasteiger partial charge in [0.15, 0.2) is 5.78 Å². The molecule has 0 aliphatic heterocycles. The van der Waals surface area contributed by atoms with Crippen LogP contribution in [-0.2, 0) is 9.59 Å². The number of carboxylic acid groups (broad SMARTS) is 1. The van der Waals surface area contributed by atoms with Crippen LogP contribution in [0.3, 0.4) is 0 Å². The summed E-state index contributed by atoms with van der Waals surface area (Å²) in [7, 11) is 0. The van der Waals surface area contributed by atoms with E-state index in [-0.39, 0.29) is 23.5 Å². The molecule has 3 aromatic carbocycles. The van der Waals surface area contributed by atoms with Crippen molar-refractivity contribution in [3.8, 4) is 0 Å². The maximum absolute atomic E-state index is 13.5. The number of Topliss-reactive ketones (excluding diaryl/α,β-unsaturated/α-hetero) is 1. The van der Waals surface area contributed by atoms with E-state index in [2.05, 4.69) is 5.32 Å². The molecule has 0 saturated heterocycles. The van der Waals surface area contributed by atoms with Crippen molar-refractivity contribution in [1.29, 1.82) is 0 Å². The monoisotopic (exact) mass is 463 g/mol. The van der Waals surface area contributed by atoms with Crippen molar-refractivity contribution in [1.82, 2.24) is 0 Å². The maximum atomic E-state index is 13.5. The maximum Gasteiger partial charge on any atom is 0.308 e. The number of aliphatic carboxylic acids is 1. The third-order valence-electron chi connectivity index (χ3n) is 6.94. The van der Waals surface area contributed by atoms with Gasteiger partial charge in [-0.15, -0.1) is 0 Å². The zero-order chi connectivity index (χ0) is 24.5. The molecule has 0 unspecified atom stereocenters. The molecular formula is C30H25NO4. The molecule has 174 valence electrons. The Balaban J connectivity index is 1.60. The molecule has 5 rings (SSSR count). The van der Waals surface area contributed by atoms with Gasteiger partial charge in [-0.05, 0) is 41.3 Å². The molecule has 1 fully saturated rings. The Morgan fingerprint density at radius 1 is 0.714 bits per heavy atom. The molecule has 2 aliphatic carbocycles. The summed E-state index contributed by atoms with van der Waals surface area (Å²) in [5, 5.41) is 13.1. The van der Waals surface area contributed by atoms with E-state index in [1.807, 2.05) is 72.8 Å². The normalized spacial score (nSPS) is 22.1. The van der Waals surface area contributed by atoms with E-state index in [4.69, 9.17) is 0 Å². The summed E-state index contributed by atoms with van der Waals surface area (Å²) >= 11 is 0. The minimum Gasteiger partial charge on any atom is -0.481 e. The third-order valence-corrected chi connectivity index (χ3v) is 6.94. The Morgan fingerprint density at radius 2 is 1.26 bits per heavy atom. The first kappa shape index (κ1) is 22.5. The van der Waals surface area contributed by atoms with Crippen LogP contribution in [0.25, 0.3) is 5.57 Å². The number of anilines is 1. The van der Waals surface area contributed by atoms with Gasteiger partial charge in [-0.2, -0.15) is 0 Å². The van der Waals surface area contributed by atoms with Crippen LogP contribution in [0.1, 0.15) is 28.4 Å². The zero-order valence-corrected chi connectivity index (χ0v) is 19.2. The highest BCUT2D eigenvalue weighted by Gasteiger charge is 2.55. The van der Waals surface area contributed by atoms with E-state index < -0.39 is 17.8 Å². The first-order valence-corrected chi connectivity index (χ1v) is 11.6. The van der Waals surface area contributed by atoms with Gasteiger partial charge in [-0.3, -0.25) is 14.4 Å². The second kappa shape index (κ2) is 9.18. The van der Waals surface area contributed by atoms with Crippen LogP contribution >= 0.6 is 0 Å². The number of hydrogen-bond donors (Lipinski definition) is 2. The van der Waals surface area contributed by atoms with E-state index in [1.54, 1.807) is 24.3 Å². The lowest BCUT2D eigenvalue weighted by molar-refractivity contribution is -0.146. The van der Waals surface area contributed by atoms with Gasteiger partial charge in [-0.25, -0.2) is 0 Å². The summed E-state index contributed by atoms with van der Waals surface area (Å²) in [6, 6.07) is 26.5. The molecule has 1 amide bonds. The van der Waals surface area contributed by atoms with Crippen LogP contribution in [0, 0.1) is 23.7 Å². The van der Waals surface area contributed by atoms with Gasteiger partial charge < -0.3 is 10.4 Å². The highest BCUT2D eigenvalue weighted by atomic mass is 16.4. The molecule has 3 aromatic rings. The van der Waals surface area contributed by atoms with Crippen molar-refractivity contribution in [2.75, 3.05) is 5.32 Å². The summed E-state index contributed by atoms with van der Waals surface area (Å²) in [5.41, 5.74) is 4.90. The van der Waals surface area contributed by atoms with E-state index in [9.17, 15) is 19.5 Å². The van der Waals surface area contributed by atoms with E-state index in [1.165, 1.54) is 6.92 Å². The number of hydrogen-bond acceptors (Lipinski definition) is 3. The standard InChI is InChI=1S/C30H25NO4/c1-18(32)21-13-8-14-22(17-21)31-29(33)27-23-15-16-24(28(27)30(34)35)26(23)25(19-9-4-2-5-10-19)20-11-6-3-7-12-20/h2-17,23-24,27-28H,1H3,(H,31,33)(H,34,35)/t23-,24+,27-,28+/m1/s1. The highest BCUT2D eigenvalue weighted by Crippen LogP contribution is 2.55. The Bertz CT molecular complexity index is 1320. The predicted molar refractivity (Wildman–Crippen MR) is 135 cm³/mol. The number of carbonyl (C=O) groups excluding carboxylic acids is 2. The van der Waals surface area contributed by atoms with Crippen molar-refractivity contribution in [2.45, 2.75) is 6.92 Å². The van der Waals surface area contributed by atoms with Crippen molar-refractivity contribution in [3.63, 3.8) is 0 Å². The molecule has 0 radical (unpaired) electrons. The van der Waals surface area contributed by atoms with Crippen LogP contribution < -0.4 is 5.32 Å². The fourth-order valence-electron chi connectivity index (χ4n) is 5.46. The molecule has 35 heavy (non-hydrogen) atoms. The molecule has 4 atom stereocenters. The molecule has 0 spiro atoms. The number of allylic oxidation sites excluding steroid dienone is 3. The Kier molecular flexibility index (Phi) is 5.91. The van der Waals surface area contributed by atoms with Crippen LogP contribution in [0.5, 0.6) is 0 Å². The van der Waals surface area contributed by atoms with Crippen molar-refractivity contribution >= 4 is 28.9 Å². The lowest BCUT2D eigenvalue weighted by atomic mass is 9.82. The summed E-state index contributed by atoms with van der Waals surface area (Å²) in [4.78, 5) is 37.8. The fourth-order valence-corrected chi connectivity index (χ4v) is 5.46. The number of carboxylic acids is 1. The van der Waals surface area contributed by atoms with Gasteiger partial charge in [0, 0.05) is 23.1 Å². The number of fused-ring (bicyclic) bond motifs is 2. The SMILES string of the molecule is CC(=O)c1cccc(NC(=O)[C@H]2[C@@H](C(=O)O)[C@H]3C=C[C@@H]2C3=C(c2ccccc2)c2ccccc2)c1. The fraction of sp³-hybridized carbons (Fsp3) is 0.167. The smallest absolute Gasteiger partial charge is 0.308 e. The third kappa shape index (κ3) is 4.10. The summed E-state index contributed by atoms with van der Waals surface area (Å²) < 4.78 is 0. The lowest BCUT2D eigenvalue weighted by Gasteiger charge is -2.23. The quantitative estimate of drug-likeness (QED) is 0.375. The first-order chi connectivity index (χ1) is 17.0. The Hall–Kier alpha value is -4.25. The van der Waals surface area contributed by atoms with Crippen molar-refractivity contribution in [3.05, 3.63) is 119 Å². The largest absolute Gasteiger partial charge is 0.481 e. The summed E-state index contributed by atoms with van der Waals surface area (Å²) in [6.07, 6.45) is 3.91. The molecule has 5 nitrogen and oxygen atoms in total. The van der Waals surface area contributed by atoms with Gasteiger partial charge in [0.05, 0.1) is 11.8 Å². The van der Waals surface area contributed by atoms with Gasteiger partial charge in [0.2, 0.25) is 5.91 Å². The number of nitrogens with one attached hydrogen (secondary N) is 1. The van der Waals surface area contributed by atoms with Crippen LogP contribution in [0.4, 0.5) is 5.69 Å². The van der Waals surface area contributed by atoms with Gasteiger partial charge in [0.25, 0.3) is 0 Å². The predicted octanol–water partition coefficient (Wildman–Crippen LogP) is 5.46. The number of amides is 1. The molecule has 2 N–H and O–H groups in total. The summed E-state index contributed by atoms with van der Waals surface area (Å²) in [6.45, 7) is 1.47. The first-order valence-electron chi connectivity index (χ1n) is 11.6. The number of benzene rings is 3. The second-order valence-corrected chi connectivity index (χ2v) is 9.01. The zero-order valence-electron chi connectivity index (χ0n) is 19.2. The number of carbonyl (C=O) groups is 3. The van der Waals surface area contributed by atoms with Crippen molar-refractivity contribution in [2.24, 2.45) is 23.7 Å². The van der Waals surface area contributed by atoms with Gasteiger partial charge >= 0.3 is 5.97 Å². The average molecular weight is 464 g/mol. The molecule has 2 aliphatic rings. The number of ketones is 1. The minimum absolute atomic E-state index is 0.104. The molecule has 0 aromatic heterocycles. The van der Waals surface area contributed by atoms with E-state index in [0.717, 1.165) is 22.3 Å². The van der Waals surface area contributed by atoms with Gasteiger partial charge in [-0.1, -0.05) is 84.9 Å². The average Bonchev–Trinajstić information content (AvgIpc) is 3.42. The lowest BCUT2D eigenvalue weighted by Crippen LogP contribution is -2.36. The van der Waals surface area contributed by atoms with Crippen molar-refractivity contribution < 1.29 is 19.5 Å². The summed E-state index contributed by atoms with van der Waals surface area (Å²) in [5.74, 6) is -3.81. The topological polar surface area (TPSA) is 83.5 Å². The highest BCUT2D eigenvalue weighted by molar-refractivity contribution is 6.00. The molecule has 1 saturated carbocycles. The second-order valence-electron chi connectivity index (χ2n) is 9.01. The molecule has 5 heteroatoms.